The number of carbonyl (C=O) groups excluding carboxylic acids is 1. The van der Waals surface area contributed by atoms with Gasteiger partial charge >= 0.3 is 5.97 Å². The van der Waals surface area contributed by atoms with Crippen molar-refractivity contribution in [1.82, 2.24) is 4.90 Å². The highest BCUT2D eigenvalue weighted by molar-refractivity contribution is 14.1. The Labute approximate surface area is 136 Å². The summed E-state index contributed by atoms with van der Waals surface area (Å²) in [5.74, 6) is -0.617. The number of amides is 1. The van der Waals surface area contributed by atoms with Crippen molar-refractivity contribution in [1.29, 1.82) is 0 Å². The van der Waals surface area contributed by atoms with E-state index < -0.39 is 5.97 Å². The van der Waals surface area contributed by atoms with Gasteiger partial charge in [0.15, 0.2) is 0 Å². The molecule has 1 fully saturated rings. The van der Waals surface area contributed by atoms with E-state index in [0.29, 0.717) is 23.7 Å². The summed E-state index contributed by atoms with van der Waals surface area (Å²) >= 11 is 8.15. The van der Waals surface area contributed by atoms with Crippen molar-refractivity contribution in [3.8, 4) is 0 Å². The number of benzene rings is 1. The second kappa shape index (κ2) is 6.76. The first-order chi connectivity index (χ1) is 9.47. The molecule has 1 heterocycles. The largest absolute Gasteiger partial charge is 0.481 e. The predicted molar refractivity (Wildman–Crippen MR) is 85.0 cm³/mol. The highest BCUT2D eigenvalue weighted by Gasteiger charge is 2.25. The molecule has 0 radical (unpaired) electrons. The summed E-state index contributed by atoms with van der Waals surface area (Å²) in [5, 5.41) is 9.36. The lowest BCUT2D eigenvalue weighted by atomic mass is 9.93. The Morgan fingerprint density at radius 2 is 2.00 bits per heavy atom. The van der Waals surface area contributed by atoms with E-state index in [1.54, 1.807) is 17.0 Å². The average molecular weight is 408 g/mol. The number of carboxylic acids is 1. The zero-order valence-corrected chi connectivity index (χ0v) is 13.7. The van der Waals surface area contributed by atoms with Gasteiger partial charge in [0.2, 0.25) is 0 Å². The molecule has 0 saturated carbocycles. The molecule has 0 aliphatic carbocycles. The molecular formula is C14H15ClINO3. The minimum absolute atomic E-state index is 0.0305. The molecule has 6 heteroatoms. The molecule has 0 atom stereocenters. The van der Waals surface area contributed by atoms with Crippen LogP contribution in [0.5, 0.6) is 0 Å². The lowest BCUT2D eigenvalue weighted by molar-refractivity contribution is -0.138. The summed E-state index contributed by atoms with van der Waals surface area (Å²) < 4.78 is 0.918. The Bertz CT molecular complexity index is 527. The molecule has 0 aromatic heterocycles. The molecule has 1 aromatic rings. The molecule has 0 spiro atoms. The number of rotatable bonds is 3. The van der Waals surface area contributed by atoms with Crippen LogP contribution in [0.25, 0.3) is 0 Å². The maximum Gasteiger partial charge on any atom is 0.303 e. The van der Waals surface area contributed by atoms with Crippen molar-refractivity contribution in [2.45, 2.75) is 19.3 Å². The van der Waals surface area contributed by atoms with Crippen LogP contribution in [0, 0.1) is 9.49 Å². The van der Waals surface area contributed by atoms with Crippen LogP contribution in [0.3, 0.4) is 0 Å². The quantitative estimate of drug-likeness (QED) is 0.783. The third kappa shape index (κ3) is 3.85. The summed E-state index contributed by atoms with van der Waals surface area (Å²) in [6.07, 6.45) is 1.68. The van der Waals surface area contributed by atoms with E-state index in [4.69, 9.17) is 16.7 Å². The highest BCUT2D eigenvalue weighted by Crippen LogP contribution is 2.24. The number of hydrogen-bond donors (Lipinski definition) is 1. The average Bonchev–Trinajstić information content (AvgIpc) is 2.41. The molecule has 0 unspecified atom stereocenters. The lowest BCUT2D eigenvalue weighted by Crippen LogP contribution is -2.38. The number of likely N-dealkylation sites (tertiary alicyclic amines) is 1. The van der Waals surface area contributed by atoms with Crippen molar-refractivity contribution < 1.29 is 14.7 Å². The van der Waals surface area contributed by atoms with Gasteiger partial charge in [-0.3, -0.25) is 9.59 Å². The standard InChI is InChI=1S/C14H15ClINO3/c15-11-8-10(1-2-12(11)16)14(20)17-5-3-9(4-6-17)7-13(18)19/h1-2,8-9H,3-7H2,(H,18,19). The van der Waals surface area contributed by atoms with Crippen LogP contribution in [-0.4, -0.2) is 35.0 Å². The third-order valence-corrected chi connectivity index (χ3v) is 5.10. The Morgan fingerprint density at radius 1 is 1.35 bits per heavy atom. The molecule has 1 aliphatic heterocycles. The molecule has 2 rings (SSSR count). The van der Waals surface area contributed by atoms with Gasteiger partial charge in [0.1, 0.15) is 0 Å². The number of carbonyl (C=O) groups is 2. The fourth-order valence-corrected chi connectivity index (χ4v) is 2.91. The van der Waals surface area contributed by atoms with E-state index in [1.807, 2.05) is 6.07 Å². The zero-order chi connectivity index (χ0) is 14.7. The monoisotopic (exact) mass is 407 g/mol. The minimum atomic E-state index is -0.765. The zero-order valence-electron chi connectivity index (χ0n) is 10.8. The molecule has 0 bridgehead atoms. The fourth-order valence-electron chi connectivity index (χ4n) is 2.40. The number of nitrogens with zero attached hydrogens (tertiary/aromatic N) is 1. The van der Waals surface area contributed by atoms with Crippen molar-refractivity contribution in [2.75, 3.05) is 13.1 Å². The topological polar surface area (TPSA) is 57.6 Å². The molecule has 4 nitrogen and oxygen atoms in total. The number of halogens is 2. The summed E-state index contributed by atoms with van der Waals surface area (Å²) in [6, 6.07) is 5.29. The molecule has 1 N–H and O–H groups in total. The van der Waals surface area contributed by atoms with Crippen LogP contribution in [0.15, 0.2) is 18.2 Å². The summed E-state index contributed by atoms with van der Waals surface area (Å²) in [7, 11) is 0. The van der Waals surface area contributed by atoms with Crippen LogP contribution >= 0.6 is 34.2 Å². The van der Waals surface area contributed by atoms with Crippen LogP contribution in [0.4, 0.5) is 0 Å². The second-order valence-corrected chi connectivity index (χ2v) is 6.53. The van der Waals surface area contributed by atoms with E-state index in [1.165, 1.54) is 0 Å². The first-order valence-corrected chi connectivity index (χ1v) is 7.89. The Hall–Kier alpha value is -0.820. The van der Waals surface area contributed by atoms with Gasteiger partial charge in [-0.15, -0.1) is 0 Å². The van der Waals surface area contributed by atoms with Crippen LogP contribution in [-0.2, 0) is 4.79 Å². The maximum atomic E-state index is 12.3. The van der Waals surface area contributed by atoms with Gasteiger partial charge < -0.3 is 10.0 Å². The Morgan fingerprint density at radius 3 is 2.55 bits per heavy atom. The number of aliphatic carboxylic acids is 1. The maximum absolute atomic E-state index is 12.3. The van der Waals surface area contributed by atoms with Gasteiger partial charge in [-0.05, 0) is 59.5 Å². The minimum Gasteiger partial charge on any atom is -0.481 e. The van der Waals surface area contributed by atoms with E-state index in [9.17, 15) is 9.59 Å². The Kier molecular flexibility index (Phi) is 5.26. The summed E-state index contributed by atoms with van der Waals surface area (Å²) in [6.45, 7) is 1.22. The van der Waals surface area contributed by atoms with E-state index >= 15 is 0 Å². The molecule has 1 saturated heterocycles. The van der Waals surface area contributed by atoms with Crippen molar-refractivity contribution in [3.05, 3.63) is 32.4 Å². The second-order valence-electron chi connectivity index (χ2n) is 4.96. The highest BCUT2D eigenvalue weighted by atomic mass is 127. The van der Waals surface area contributed by atoms with E-state index in [-0.39, 0.29) is 18.2 Å². The number of piperidine rings is 1. The molecule has 1 amide bonds. The van der Waals surface area contributed by atoms with Gasteiger partial charge in [0, 0.05) is 28.6 Å². The van der Waals surface area contributed by atoms with Gasteiger partial charge in [0.25, 0.3) is 5.91 Å². The smallest absolute Gasteiger partial charge is 0.303 e. The first kappa shape index (κ1) is 15.6. The molecule has 20 heavy (non-hydrogen) atoms. The lowest BCUT2D eigenvalue weighted by Gasteiger charge is -2.31. The predicted octanol–water partition coefficient (Wildman–Crippen LogP) is 3.27. The van der Waals surface area contributed by atoms with E-state index in [2.05, 4.69) is 22.6 Å². The van der Waals surface area contributed by atoms with Gasteiger partial charge in [-0.1, -0.05) is 11.6 Å². The first-order valence-electron chi connectivity index (χ1n) is 6.43. The van der Waals surface area contributed by atoms with Crippen molar-refractivity contribution >= 4 is 46.1 Å². The van der Waals surface area contributed by atoms with Gasteiger partial charge in [0.05, 0.1) is 5.02 Å². The molecular weight excluding hydrogens is 393 g/mol. The number of carboxylic acid groups (broad SMARTS) is 1. The summed E-state index contributed by atoms with van der Waals surface area (Å²) in [5.41, 5.74) is 0.590. The van der Waals surface area contributed by atoms with Crippen LogP contribution < -0.4 is 0 Å². The normalized spacial score (nSPS) is 16.2. The SMILES string of the molecule is O=C(O)CC1CCN(C(=O)c2ccc(I)c(Cl)c2)CC1. The van der Waals surface area contributed by atoms with Gasteiger partial charge in [-0.2, -0.15) is 0 Å². The molecule has 1 aliphatic rings. The molecule has 108 valence electrons. The third-order valence-electron chi connectivity index (χ3n) is 3.53. The fraction of sp³-hybridized carbons (Fsp3) is 0.429. The van der Waals surface area contributed by atoms with Gasteiger partial charge in [-0.25, -0.2) is 0 Å². The van der Waals surface area contributed by atoms with Crippen LogP contribution in [0.1, 0.15) is 29.6 Å². The van der Waals surface area contributed by atoms with Crippen molar-refractivity contribution in [3.63, 3.8) is 0 Å². The Balaban J connectivity index is 1.97. The van der Waals surface area contributed by atoms with Crippen molar-refractivity contribution in [2.24, 2.45) is 5.92 Å². The van der Waals surface area contributed by atoms with E-state index in [0.717, 1.165) is 16.4 Å². The summed E-state index contributed by atoms with van der Waals surface area (Å²) in [4.78, 5) is 24.8. The molecule has 1 aromatic carbocycles. The number of hydrogen-bond acceptors (Lipinski definition) is 2. The van der Waals surface area contributed by atoms with Crippen LogP contribution in [0.2, 0.25) is 5.02 Å².